The number of fused-ring (bicyclic) bond motifs is 2. The molecule has 0 fully saturated rings. The molecule has 2 rings (SSSR count). The Morgan fingerprint density at radius 1 is 1.38 bits per heavy atom. The number of likely N-dealkylation sites (N-methyl/N-ethyl adjacent to an activating group) is 1. The largest absolute Gasteiger partial charge is 0.458 e. The Morgan fingerprint density at radius 2 is 2.07 bits per heavy atom. The van der Waals surface area contributed by atoms with Crippen molar-refractivity contribution in [3.63, 3.8) is 0 Å². The smallest absolute Gasteiger partial charge is 0.351 e. The van der Waals surface area contributed by atoms with Crippen LogP contribution in [0.2, 0.25) is 0 Å². The number of carbonyl (C=O) groups is 4. The zero-order valence-electron chi connectivity index (χ0n) is 17.2. The number of cyclic esters (lactones) is 1. The summed E-state index contributed by atoms with van der Waals surface area (Å²) in [6, 6.07) is 0. The number of ether oxygens (including phenoxy) is 3. The Bertz CT molecular complexity index is 782. The minimum atomic E-state index is -1.69. The van der Waals surface area contributed by atoms with Crippen LogP contribution in [-0.2, 0) is 33.4 Å². The van der Waals surface area contributed by atoms with E-state index in [1.165, 1.54) is 26.0 Å². The van der Waals surface area contributed by atoms with Crippen LogP contribution in [0, 0.1) is 5.92 Å². The van der Waals surface area contributed by atoms with Crippen molar-refractivity contribution in [1.29, 1.82) is 0 Å². The van der Waals surface area contributed by atoms with Crippen LogP contribution >= 0.6 is 0 Å². The van der Waals surface area contributed by atoms with Crippen molar-refractivity contribution in [3.05, 3.63) is 36.0 Å². The molecule has 0 aromatic heterocycles. The first-order valence-electron chi connectivity index (χ1n) is 9.42. The quantitative estimate of drug-likeness (QED) is 0.502. The van der Waals surface area contributed by atoms with Crippen molar-refractivity contribution in [2.45, 2.75) is 38.9 Å². The first kappa shape index (κ1) is 22.5. The molecule has 0 amide bonds. The van der Waals surface area contributed by atoms with Gasteiger partial charge in [0.15, 0.2) is 6.10 Å². The second kappa shape index (κ2) is 9.17. The number of hydrogen-bond donors (Lipinski definition) is 0. The topological polar surface area (TPSA) is 99.2 Å². The number of Topliss-reactive ketones (excluding diaryl/α,β-unsaturated/α-hetero) is 1. The van der Waals surface area contributed by atoms with Gasteiger partial charge in [0.2, 0.25) is 11.4 Å². The maximum atomic E-state index is 12.9. The molecule has 0 spiro atoms. The summed E-state index contributed by atoms with van der Waals surface area (Å²) in [6.07, 6.45) is 3.68. The third kappa shape index (κ3) is 5.20. The third-order valence-electron chi connectivity index (χ3n) is 5.15. The van der Waals surface area contributed by atoms with E-state index in [9.17, 15) is 19.2 Å². The van der Waals surface area contributed by atoms with Crippen LogP contribution in [-0.4, -0.2) is 67.0 Å². The van der Waals surface area contributed by atoms with Crippen molar-refractivity contribution in [2.24, 2.45) is 5.92 Å². The highest BCUT2D eigenvalue weighted by atomic mass is 16.6. The molecule has 2 aliphatic rings. The predicted octanol–water partition coefficient (Wildman–Crippen LogP) is 1.36. The molecule has 0 saturated heterocycles. The van der Waals surface area contributed by atoms with Crippen molar-refractivity contribution >= 4 is 23.7 Å². The first-order valence-corrected chi connectivity index (χ1v) is 9.42. The zero-order chi connectivity index (χ0) is 21.8. The fourth-order valence-corrected chi connectivity index (χ4v) is 3.13. The monoisotopic (exact) mass is 405 g/mol. The molecule has 0 saturated carbocycles. The van der Waals surface area contributed by atoms with Gasteiger partial charge in [0.05, 0.1) is 5.57 Å². The van der Waals surface area contributed by atoms with Gasteiger partial charge in [0, 0.05) is 37.9 Å². The molecular weight excluding hydrogens is 378 g/mol. The van der Waals surface area contributed by atoms with E-state index in [0.717, 1.165) is 0 Å². The van der Waals surface area contributed by atoms with E-state index in [4.69, 9.17) is 14.2 Å². The summed E-state index contributed by atoms with van der Waals surface area (Å²) < 4.78 is 16.1. The second-order valence-corrected chi connectivity index (χ2v) is 7.43. The Balaban J connectivity index is 2.54. The van der Waals surface area contributed by atoms with E-state index >= 15 is 0 Å². The molecule has 2 aliphatic heterocycles. The molecule has 1 unspecified atom stereocenters. The normalized spacial score (nSPS) is 33.2. The van der Waals surface area contributed by atoms with Gasteiger partial charge in [-0.3, -0.25) is 9.59 Å². The van der Waals surface area contributed by atoms with Gasteiger partial charge >= 0.3 is 17.9 Å². The van der Waals surface area contributed by atoms with E-state index < -0.39 is 41.3 Å². The van der Waals surface area contributed by atoms with Gasteiger partial charge in [-0.25, -0.2) is 9.59 Å². The SMILES string of the molecule is C=C/C1=C/[C@@H](C)[C@](C)(OC(C)=O)C(=O)OC/C2=C/CN(C)CCC(OC1=O)C2=O. The molecule has 0 radical (unpaired) electrons. The number of rotatable bonds is 2. The van der Waals surface area contributed by atoms with Gasteiger partial charge < -0.3 is 19.1 Å². The molecule has 158 valence electrons. The van der Waals surface area contributed by atoms with Crippen molar-refractivity contribution in [1.82, 2.24) is 4.90 Å². The lowest BCUT2D eigenvalue weighted by molar-refractivity contribution is -0.183. The van der Waals surface area contributed by atoms with Gasteiger partial charge in [-0.05, 0) is 14.0 Å². The lowest BCUT2D eigenvalue weighted by Crippen LogP contribution is -2.47. The Morgan fingerprint density at radius 3 is 2.69 bits per heavy atom. The van der Waals surface area contributed by atoms with Crippen LogP contribution in [0.1, 0.15) is 27.2 Å². The Labute approximate surface area is 170 Å². The van der Waals surface area contributed by atoms with E-state index in [1.807, 2.05) is 11.9 Å². The molecular formula is C21H27NO7. The third-order valence-corrected chi connectivity index (χ3v) is 5.15. The molecule has 8 heteroatoms. The zero-order valence-corrected chi connectivity index (χ0v) is 17.2. The Kier molecular flexibility index (Phi) is 7.13. The predicted molar refractivity (Wildman–Crippen MR) is 104 cm³/mol. The van der Waals surface area contributed by atoms with Gasteiger partial charge in [0.1, 0.15) is 6.61 Å². The lowest BCUT2D eigenvalue weighted by Gasteiger charge is -2.32. The van der Waals surface area contributed by atoms with Crippen LogP contribution in [0.25, 0.3) is 0 Å². The van der Waals surface area contributed by atoms with Crippen LogP contribution < -0.4 is 0 Å². The highest BCUT2D eigenvalue weighted by molar-refractivity contribution is 6.02. The summed E-state index contributed by atoms with van der Waals surface area (Å²) in [6.45, 7) is 8.54. The average Bonchev–Trinajstić information content (AvgIpc) is 2.65. The molecule has 0 N–H and O–H groups in total. The van der Waals surface area contributed by atoms with E-state index in [2.05, 4.69) is 6.58 Å². The fraction of sp³-hybridized carbons (Fsp3) is 0.524. The Hall–Kier alpha value is -2.74. The number of ketones is 1. The molecule has 8 nitrogen and oxygen atoms in total. The molecule has 29 heavy (non-hydrogen) atoms. The van der Waals surface area contributed by atoms with Gasteiger partial charge in [-0.1, -0.05) is 31.7 Å². The minimum Gasteiger partial charge on any atom is -0.458 e. The molecule has 2 heterocycles. The second-order valence-electron chi connectivity index (χ2n) is 7.43. The standard InChI is InChI=1S/C21H27NO7/c1-6-15-11-13(2)21(4,29-14(3)23)20(26)27-12-16-7-9-22(5)10-8-17(18(16)24)28-19(15)25/h6-7,11,13,17H,1,8-10,12H2,2-5H3/b15-11-,16-7-/t13-,17?,21+/m1/s1. The summed E-state index contributed by atoms with van der Waals surface area (Å²) in [5, 5.41) is 0. The maximum absolute atomic E-state index is 12.9. The maximum Gasteiger partial charge on any atom is 0.351 e. The highest BCUT2D eigenvalue weighted by Crippen LogP contribution is 2.28. The average molecular weight is 405 g/mol. The molecule has 0 aromatic carbocycles. The minimum absolute atomic E-state index is 0.0676. The van der Waals surface area contributed by atoms with Gasteiger partial charge in [-0.15, -0.1) is 0 Å². The summed E-state index contributed by atoms with van der Waals surface area (Å²) in [5.41, 5.74) is -1.40. The number of nitrogens with zero attached hydrogens (tertiary/aromatic N) is 1. The highest BCUT2D eigenvalue weighted by Gasteiger charge is 2.44. The van der Waals surface area contributed by atoms with Gasteiger partial charge in [-0.2, -0.15) is 0 Å². The summed E-state index contributed by atoms with van der Waals surface area (Å²) in [7, 11) is 1.87. The van der Waals surface area contributed by atoms with E-state index in [1.54, 1.807) is 13.0 Å². The number of hydrogen-bond acceptors (Lipinski definition) is 8. The van der Waals surface area contributed by atoms with Crippen molar-refractivity contribution in [2.75, 3.05) is 26.7 Å². The lowest BCUT2D eigenvalue weighted by atomic mass is 9.88. The van der Waals surface area contributed by atoms with Crippen molar-refractivity contribution in [3.8, 4) is 0 Å². The molecule has 0 aliphatic carbocycles. The molecule has 2 bridgehead atoms. The summed E-state index contributed by atoms with van der Waals surface area (Å²) in [5.74, 6) is -3.35. The first-order chi connectivity index (χ1) is 13.6. The summed E-state index contributed by atoms with van der Waals surface area (Å²) >= 11 is 0. The van der Waals surface area contributed by atoms with E-state index in [0.29, 0.717) is 19.5 Å². The number of carbonyl (C=O) groups excluding carboxylic acids is 4. The number of esters is 3. The van der Waals surface area contributed by atoms with E-state index in [-0.39, 0.29) is 17.8 Å². The molecule has 3 atom stereocenters. The van der Waals surface area contributed by atoms with Crippen LogP contribution in [0.15, 0.2) is 36.0 Å². The van der Waals surface area contributed by atoms with Gasteiger partial charge in [0.25, 0.3) is 0 Å². The summed E-state index contributed by atoms with van der Waals surface area (Å²) in [4.78, 5) is 52.0. The van der Waals surface area contributed by atoms with Crippen LogP contribution in [0.3, 0.4) is 0 Å². The van der Waals surface area contributed by atoms with Crippen LogP contribution in [0.4, 0.5) is 0 Å². The van der Waals surface area contributed by atoms with Crippen LogP contribution in [0.5, 0.6) is 0 Å². The molecule has 0 aromatic rings. The van der Waals surface area contributed by atoms with Crippen molar-refractivity contribution < 1.29 is 33.4 Å². The fourth-order valence-electron chi connectivity index (χ4n) is 3.13.